The number of hydrogen-bond acceptors (Lipinski definition) is 4. The summed E-state index contributed by atoms with van der Waals surface area (Å²) >= 11 is 0. The van der Waals surface area contributed by atoms with Crippen LogP contribution in [0, 0.1) is 0 Å². The molecular formula is C15H21N3O3. The highest BCUT2D eigenvalue weighted by molar-refractivity contribution is 5.87. The predicted molar refractivity (Wildman–Crippen MR) is 78.9 cm³/mol. The molecule has 1 aromatic rings. The molecule has 0 bridgehead atoms. The molecule has 0 aliphatic carbocycles. The van der Waals surface area contributed by atoms with Crippen molar-refractivity contribution in [2.24, 2.45) is 5.73 Å². The molecule has 1 aliphatic heterocycles. The van der Waals surface area contributed by atoms with Gasteiger partial charge in [-0.25, -0.2) is 4.79 Å². The van der Waals surface area contributed by atoms with Gasteiger partial charge in [0, 0.05) is 25.7 Å². The summed E-state index contributed by atoms with van der Waals surface area (Å²) in [5.41, 5.74) is 6.56. The molecule has 0 spiro atoms. The number of carboxylic acids is 1. The van der Waals surface area contributed by atoms with E-state index in [-0.39, 0.29) is 5.91 Å². The Bertz CT molecular complexity index is 493. The second kappa shape index (κ2) is 7.19. The number of carbonyl (C=O) groups excluding carboxylic acids is 1. The number of aromatic carboxylic acids is 1. The number of nitrogens with one attached hydrogen (secondary N) is 1. The van der Waals surface area contributed by atoms with Gasteiger partial charge in [-0.3, -0.25) is 9.69 Å². The van der Waals surface area contributed by atoms with E-state index >= 15 is 0 Å². The molecule has 114 valence electrons. The number of piperidine rings is 1. The van der Waals surface area contributed by atoms with Crippen LogP contribution in [0.2, 0.25) is 0 Å². The largest absolute Gasteiger partial charge is 0.478 e. The third-order valence-electron chi connectivity index (χ3n) is 3.76. The number of rotatable bonds is 6. The molecule has 4 N–H and O–H groups in total. The predicted octanol–water partition coefficient (Wildman–Crippen LogP) is 0.424. The molecular weight excluding hydrogens is 270 g/mol. The Morgan fingerprint density at radius 2 is 1.86 bits per heavy atom. The third-order valence-corrected chi connectivity index (χ3v) is 3.76. The van der Waals surface area contributed by atoms with Crippen LogP contribution in [0.25, 0.3) is 0 Å². The molecule has 0 atom stereocenters. The van der Waals surface area contributed by atoms with Gasteiger partial charge < -0.3 is 16.2 Å². The second-order valence-corrected chi connectivity index (χ2v) is 5.40. The fourth-order valence-electron chi connectivity index (χ4n) is 2.54. The fraction of sp³-hybridized carbons (Fsp3) is 0.467. The van der Waals surface area contributed by atoms with Crippen LogP contribution in [-0.2, 0) is 11.3 Å². The number of nitrogens with zero attached hydrogens (tertiary/aromatic N) is 1. The lowest BCUT2D eigenvalue weighted by Gasteiger charge is -2.31. The summed E-state index contributed by atoms with van der Waals surface area (Å²) in [6, 6.07) is 7.33. The molecule has 6 nitrogen and oxygen atoms in total. The van der Waals surface area contributed by atoms with Crippen LogP contribution in [-0.4, -0.2) is 47.6 Å². The molecule has 1 aliphatic rings. The van der Waals surface area contributed by atoms with E-state index < -0.39 is 5.97 Å². The quantitative estimate of drug-likeness (QED) is 0.706. The van der Waals surface area contributed by atoms with Crippen LogP contribution in [0.3, 0.4) is 0 Å². The van der Waals surface area contributed by atoms with Gasteiger partial charge in [-0.05, 0) is 30.5 Å². The lowest BCUT2D eigenvalue weighted by atomic mass is 10.0. The number of nitrogens with two attached hydrogens (primary N) is 1. The summed E-state index contributed by atoms with van der Waals surface area (Å²) in [5.74, 6) is -1.18. The van der Waals surface area contributed by atoms with Gasteiger partial charge in [0.15, 0.2) is 0 Å². The number of likely N-dealkylation sites (tertiary alicyclic amines) is 1. The lowest BCUT2D eigenvalue weighted by molar-refractivity contribution is -0.119. The first-order valence-electron chi connectivity index (χ1n) is 7.11. The maximum atomic E-state index is 10.9. The second-order valence-electron chi connectivity index (χ2n) is 5.40. The van der Waals surface area contributed by atoms with Gasteiger partial charge in [0.2, 0.25) is 5.91 Å². The van der Waals surface area contributed by atoms with Crippen molar-refractivity contribution >= 4 is 11.9 Å². The van der Waals surface area contributed by atoms with Crippen molar-refractivity contribution in [1.82, 2.24) is 10.2 Å². The molecule has 0 unspecified atom stereocenters. The van der Waals surface area contributed by atoms with Crippen molar-refractivity contribution in [3.63, 3.8) is 0 Å². The first kappa shape index (κ1) is 15.5. The Morgan fingerprint density at radius 1 is 1.24 bits per heavy atom. The minimum Gasteiger partial charge on any atom is -0.478 e. The SMILES string of the molecule is NC(=O)CN1CCC(NCc2ccc(C(=O)O)cc2)CC1. The Balaban J connectivity index is 1.74. The molecule has 1 aromatic carbocycles. The zero-order valence-corrected chi connectivity index (χ0v) is 11.9. The van der Waals surface area contributed by atoms with Crippen LogP contribution in [0.15, 0.2) is 24.3 Å². The molecule has 0 saturated carbocycles. The number of benzene rings is 1. The average Bonchev–Trinajstić information content (AvgIpc) is 2.46. The van der Waals surface area contributed by atoms with Crippen molar-refractivity contribution in [2.45, 2.75) is 25.4 Å². The standard InChI is InChI=1S/C15H21N3O3/c16-14(19)10-18-7-5-13(6-8-18)17-9-11-1-3-12(4-2-11)15(20)21/h1-4,13,17H,5-10H2,(H2,16,19)(H,20,21). The zero-order chi connectivity index (χ0) is 15.2. The minimum atomic E-state index is -0.906. The summed E-state index contributed by atoms with van der Waals surface area (Å²) in [5, 5.41) is 12.3. The number of hydrogen-bond donors (Lipinski definition) is 3. The summed E-state index contributed by atoms with van der Waals surface area (Å²) < 4.78 is 0. The van der Waals surface area contributed by atoms with Crippen LogP contribution < -0.4 is 11.1 Å². The Morgan fingerprint density at radius 3 is 2.38 bits per heavy atom. The van der Waals surface area contributed by atoms with E-state index in [0.29, 0.717) is 18.2 Å². The first-order chi connectivity index (χ1) is 10.0. The maximum Gasteiger partial charge on any atom is 0.335 e. The van der Waals surface area contributed by atoms with Crippen LogP contribution >= 0.6 is 0 Å². The topological polar surface area (TPSA) is 95.7 Å². The molecule has 1 heterocycles. The van der Waals surface area contributed by atoms with E-state index in [9.17, 15) is 9.59 Å². The van der Waals surface area contributed by atoms with Gasteiger partial charge in [-0.15, -0.1) is 0 Å². The summed E-state index contributed by atoms with van der Waals surface area (Å²) in [6.07, 6.45) is 1.97. The van der Waals surface area contributed by atoms with Gasteiger partial charge in [-0.2, -0.15) is 0 Å². The van der Waals surface area contributed by atoms with Crippen molar-refractivity contribution in [1.29, 1.82) is 0 Å². The van der Waals surface area contributed by atoms with Gasteiger partial charge in [0.1, 0.15) is 0 Å². The average molecular weight is 291 g/mol. The minimum absolute atomic E-state index is 0.278. The van der Waals surface area contributed by atoms with E-state index in [0.717, 1.165) is 38.0 Å². The van der Waals surface area contributed by atoms with Crippen LogP contribution in [0.1, 0.15) is 28.8 Å². The monoisotopic (exact) mass is 291 g/mol. The van der Waals surface area contributed by atoms with Gasteiger partial charge >= 0.3 is 5.97 Å². The molecule has 0 aromatic heterocycles. The number of carbonyl (C=O) groups is 2. The van der Waals surface area contributed by atoms with Crippen molar-refractivity contribution in [3.8, 4) is 0 Å². The molecule has 2 rings (SSSR count). The van der Waals surface area contributed by atoms with Gasteiger partial charge in [-0.1, -0.05) is 12.1 Å². The molecule has 6 heteroatoms. The Kier molecular flexibility index (Phi) is 5.30. The fourth-order valence-corrected chi connectivity index (χ4v) is 2.54. The van der Waals surface area contributed by atoms with E-state index in [2.05, 4.69) is 10.2 Å². The van der Waals surface area contributed by atoms with Crippen LogP contribution in [0.4, 0.5) is 0 Å². The number of amides is 1. The molecule has 1 saturated heterocycles. The van der Waals surface area contributed by atoms with E-state index in [1.54, 1.807) is 12.1 Å². The highest BCUT2D eigenvalue weighted by Crippen LogP contribution is 2.11. The maximum absolute atomic E-state index is 10.9. The van der Waals surface area contributed by atoms with E-state index in [1.807, 2.05) is 12.1 Å². The first-order valence-corrected chi connectivity index (χ1v) is 7.11. The van der Waals surface area contributed by atoms with Gasteiger partial charge in [0.25, 0.3) is 0 Å². The van der Waals surface area contributed by atoms with Crippen molar-refractivity contribution in [2.75, 3.05) is 19.6 Å². The number of carboxylic acid groups (broad SMARTS) is 1. The molecule has 0 radical (unpaired) electrons. The molecule has 1 amide bonds. The Labute approximate surface area is 123 Å². The highest BCUT2D eigenvalue weighted by atomic mass is 16.4. The summed E-state index contributed by atoms with van der Waals surface area (Å²) in [6.45, 7) is 2.81. The Hall–Kier alpha value is -1.92. The molecule has 1 fully saturated rings. The summed E-state index contributed by atoms with van der Waals surface area (Å²) in [7, 11) is 0. The third kappa shape index (κ3) is 4.84. The van der Waals surface area contributed by atoms with E-state index in [4.69, 9.17) is 10.8 Å². The lowest BCUT2D eigenvalue weighted by Crippen LogP contribution is -2.45. The van der Waals surface area contributed by atoms with Crippen molar-refractivity contribution < 1.29 is 14.7 Å². The summed E-state index contributed by atoms with van der Waals surface area (Å²) in [4.78, 5) is 23.7. The highest BCUT2D eigenvalue weighted by Gasteiger charge is 2.19. The van der Waals surface area contributed by atoms with Gasteiger partial charge in [0.05, 0.1) is 12.1 Å². The smallest absolute Gasteiger partial charge is 0.335 e. The number of primary amides is 1. The normalized spacial score (nSPS) is 16.8. The van der Waals surface area contributed by atoms with Crippen LogP contribution in [0.5, 0.6) is 0 Å². The van der Waals surface area contributed by atoms with E-state index in [1.165, 1.54) is 0 Å². The van der Waals surface area contributed by atoms with Crippen molar-refractivity contribution in [3.05, 3.63) is 35.4 Å². The zero-order valence-electron chi connectivity index (χ0n) is 11.9. The molecule has 21 heavy (non-hydrogen) atoms.